The number of ether oxygens (including phenoxy) is 2. The highest BCUT2D eigenvalue weighted by Gasteiger charge is 2.52. The fourth-order valence-corrected chi connectivity index (χ4v) is 4.45. The highest BCUT2D eigenvalue weighted by atomic mass is 16.5. The van der Waals surface area contributed by atoms with Gasteiger partial charge in [-0.3, -0.25) is 9.48 Å². The first kappa shape index (κ1) is 17.0. The van der Waals surface area contributed by atoms with Crippen LogP contribution in [0.25, 0.3) is 0 Å². The molecule has 3 fully saturated rings. The van der Waals surface area contributed by atoms with Gasteiger partial charge in [-0.25, -0.2) is 0 Å². The number of nitrogens with zero attached hydrogens (tertiary/aromatic N) is 3. The summed E-state index contributed by atoms with van der Waals surface area (Å²) in [5, 5.41) is 4.35. The lowest BCUT2D eigenvalue weighted by Gasteiger charge is -2.43. The van der Waals surface area contributed by atoms with Gasteiger partial charge in [0.1, 0.15) is 6.54 Å². The van der Waals surface area contributed by atoms with Gasteiger partial charge in [0.05, 0.1) is 23.4 Å². The van der Waals surface area contributed by atoms with Crippen molar-refractivity contribution in [1.29, 1.82) is 0 Å². The van der Waals surface area contributed by atoms with Gasteiger partial charge >= 0.3 is 0 Å². The van der Waals surface area contributed by atoms with Crippen molar-refractivity contribution >= 4 is 5.91 Å². The van der Waals surface area contributed by atoms with E-state index in [-0.39, 0.29) is 23.7 Å². The molecule has 1 aliphatic heterocycles. The molecule has 1 aromatic heterocycles. The Morgan fingerprint density at radius 2 is 2.20 bits per heavy atom. The Morgan fingerprint density at radius 1 is 1.36 bits per heavy atom. The van der Waals surface area contributed by atoms with Crippen LogP contribution in [0.1, 0.15) is 44.2 Å². The summed E-state index contributed by atoms with van der Waals surface area (Å²) < 4.78 is 13.8. The van der Waals surface area contributed by atoms with Crippen molar-refractivity contribution in [2.24, 2.45) is 5.92 Å². The van der Waals surface area contributed by atoms with E-state index in [1.54, 1.807) is 11.8 Å². The number of aryl methyl sites for hydroxylation is 1. The number of aromatic nitrogens is 2. The number of carbonyl (C=O) groups excluding carboxylic acids is 1. The van der Waals surface area contributed by atoms with Crippen LogP contribution < -0.4 is 0 Å². The third-order valence-corrected chi connectivity index (χ3v) is 6.20. The predicted octanol–water partition coefficient (Wildman–Crippen LogP) is 2.16. The Balaban J connectivity index is 1.43. The average molecular weight is 347 g/mol. The molecule has 2 saturated carbocycles. The Morgan fingerprint density at radius 3 is 2.88 bits per heavy atom. The lowest BCUT2D eigenvalue weighted by atomic mass is 9.79. The number of carbonyl (C=O) groups is 1. The number of methoxy groups -OCH3 is 1. The van der Waals surface area contributed by atoms with E-state index in [4.69, 9.17) is 9.47 Å². The quantitative estimate of drug-likeness (QED) is 0.791. The van der Waals surface area contributed by atoms with Crippen LogP contribution in [-0.4, -0.2) is 58.6 Å². The molecule has 138 valence electrons. The van der Waals surface area contributed by atoms with Crippen LogP contribution >= 0.6 is 0 Å². The van der Waals surface area contributed by atoms with E-state index in [2.05, 4.69) is 5.10 Å². The van der Waals surface area contributed by atoms with Crippen LogP contribution in [0.2, 0.25) is 0 Å². The molecular weight excluding hydrogens is 318 g/mol. The maximum atomic E-state index is 12.9. The minimum atomic E-state index is -0.185. The van der Waals surface area contributed by atoms with E-state index in [1.807, 2.05) is 24.1 Å². The third kappa shape index (κ3) is 3.47. The van der Waals surface area contributed by atoms with E-state index in [1.165, 1.54) is 12.8 Å². The average Bonchev–Trinajstić information content (AvgIpc) is 3.23. The molecule has 25 heavy (non-hydrogen) atoms. The molecule has 0 N–H and O–H groups in total. The van der Waals surface area contributed by atoms with Crippen LogP contribution in [0.15, 0.2) is 12.3 Å². The summed E-state index contributed by atoms with van der Waals surface area (Å²) >= 11 is 0. The summed E-state index contributed by atoms with van der Waals surface area (Å²) in [5.41, 5.74) is 0.751. The first-order valence-corrected chi connectivity index (χ1v) is 9.56. The molecule has 1 aromatic rings. The SMILES string of the molecule is CO[C@@]12CC[C@@H](OCC3CC3)C[C@@H]1N(C(=O)Cn1ccc(C)n1)CC2. The highest BCUT2D eigenvalue weighted by Crippen LogP contribution is 2.43. The second kappa shape index (κ2) is 6.72. The first-order valence-electron chi connectivity index (χ1n) is 9.56. The maximum absolute atomic E-state index is 12.9. The van der Waals surface area contributed by atoms with Crippen LogP contribution in [0.3, 0.4) is 0 Å². The van der Waals surface area contributed by atoms with Crippen LogP contribution in [-0.2, 0) is 20.8 Å². The minimum Gasteiger partial charge on any atom is -0.378 e. The molecular formula is C19H29N3O3. The van der Waals surface area contributed by atoms with Crippen LogP contribution in [0.4, 0.5) is 0 Å². The Labute approximate surface area is 149 Å². The second-order valence-corrected chi connectivity index (χ2v) is 7.95. The molecule has 2 heterocycles. The summed E-state index contributed by atoms with van der Waals surface area (Å²) in [4.78, 5) is 14.9. The number of amides is 1. The Hall–Kier alpha value is -1.40. The van der Waals surface area contributed by atoms with Gasteiger partial charge in [-0.2, -0.15) is 5.10 Å². The smallest absolute Gasteiger partial charge is 0.244 e. The van der Waals surface area contributed by atoms with Crippen molar-refractivity contribution in [3.05, 3.63) is 18.0 Å². The van der Waals surface area contributed by atoms with E-state index in [9.17, 15) is 4.79 Å². The molecule has 2 aliphatic carbocycles. The van der Waals surface area contributed by atoms with E-state index in [0.717, 1.165) is 50.4 Å². The van der Waals surface area contributed by atoms with Crippen molar-refractivity contribution < 1.29 is 14.3 Å². The predicted molar refractivity (Wildman–Crippen MR) is 93.1 cm³/mol. The van der Waals surface area contributed by atoms with Gasteiger partial charge < -0.3 is 14.4 Å². The fraction of sp³-hybridized carbons (Fsp3) is 0.789. The maximum Gasteiger partial charge on any atom is 0.244 e. The van der Waals surface area contributed by atoms with Crippen molar-refractivity contribution in [3.8, 4) is 0 Å². The van der Waals surface area contributed by atoms with Crippen molar-refractivity contribution in [1.82, 2.24) is 14.7 Å². The molecule has 0 aromatic carbocycles. The number of likely N-dealkylation sites (tertiary alicyclic amines) is 1. The van der Waals surface area contributed by atoms with Gasteiger partial charge in [-0.1, -0.05) is 0 Å². The van der Waals surface area contributed by atoms with Crippen LogP contribution in [0.5, 0.6) is 0 Å². The largest absolute Gasteiger partial charge is 0.378 e. The van der Waals surface area contributed by atoms with Crippen molar-refractivity contribution in [2.75, 3.05) is 20.3 Å². The summed E-state index contributed by atoms with van der Waals surface area (Å²) in [6.07, 6.45) is 8.59. The monoisotopic (exact) mass is 347 g/mol. The zero-order valence-electron chi connectivity index (χ0n) is 15.3. The molecule has 6 nitrogen and oxygen atoms in total. The lowest BCUT2D eigenvalue weighted by Crippen LogP contribution is -2.53. The Kier molecular flexibility index (Phi) is 4.58. The van der Waals surface area contributed by atoms with Gasteiger partial charge in [0.2, 0.25) is 5.91 Å². The summed E-state index contributed by atoms with van der Waals surface area (Å²) in [5.74, 6) is 0.911. The normalized spacial score (nSPS) is 32.0. The zero-order chi connectivity index (χ0) is 17.4. The molecule has 0 spiro atoms. The molecule has 0 unspecified atom stereocenters. The number of rotatable bonds is 6. The molecule has 1 amide bonds. The van der Waals surface area contributed by atoms with Crippen LogP contribution in [0, 0.1) is 12.8 Å². The summed E-state index contributed by atoms with van der Waals surface area (Å²) in [6, 6.07) is 2.05. The highest BCUT2D eigenvalue weighted by molar-refractivity contribution is 5.77. The van der Waals surface area contributed by atoms with Gasteiger partial charge in [0.15, 0.2) is 0 Å². The van der Waals surface area contributed by atoms with Gasteiger partial charge in [-0.05, 0) is 57.4 Å². The summed E-state index contributed by atoms with van der Waals surface area (Å²) in [6.45, 7) is 3.90. The summed E-state index contributed by atoms with van der Waals surface area (Å²) in [7, 11) is 1.79. The zero-order valence-corrected chi connectivity index (χ0v) is 15.3. The molecule has 3 atom stereocenters. The van der Waals surface area contributed by atoms with Gasteiger partial charge in [0, 0.05) is 26.5 Å². The second-order valence-electron chi connectivity index (χ2n) is 7.95. The topological polar surface area (TPSA) is 56.6 Å². The molecule has 3 aliphatic rings. The molecule has 0 radical (unpaired) electrons. The molecule has 0 bridgehead atoms. The first-order chi connectivity index (χ1) is 12.1. The van der Waals surface area contributed by atoms with Crippen molar-refractivity contribution in [3.63, 3.8) is 0 Å². The Bertz CT molecular complexity index is 627. The lowest BCUT2D eigenvalue weighted by molar-refractivity contribution is -0.142. The van der Waals surface area contributed by atoms with Gasteiger partial charge in [-0.15, -0.1) is 0 Å². The minimum absolute atomic E-state index is 0.125. The molecule has 1 saturated heterocycles. The van der Waals surface area contributed by atoms with Crippen molar-refractivity contribution in [2.45, 2.75) is 69.7 Å². The number of hydrogen-bond acceptors (Lipinski definition) is 4. The van der Waals surface area contributed by atoms with E-state index < -0.39 is 0 Å². The molecule has 6 heteroatoms. The van der Waals surface area contributed by atoms with E-state index >= 15 is 0 Å². The fourth-order valence-electron chi connectivity index (χ4n) is 4.45. The standard InChI is InChI=1S/C19H29N3O3/c1-14-6-9-21(20-14)12-18(23)22-10-8-19(24-2)7-5-16(11-17(19)22)25-13-15-3-4-15/h6,9,15-17H,3-5,7-8,10-13H2,1-2H3/t16-,17+,19-/m1/s1. The molecule has 4 rings (SSSR count). The van der Waals surface area contributed by atoms with E-state index in [0.29, 0.717) is 6.54 Å². The number of hydrogen-bond donors (Lipinski definition) is 0. The number of fused-ring (bicyclic) bond motifs is 1. The third-order valence-electron chi connectivity index (χ3n) is 6.20. The van der Waals surface area contributed by atoms with Gasteiger partial charge in [0.25, 0.3) is 0 Å².